The van der Waals surface area contributed by atoms with Crippen LogP contribution in [0.3, 0.4) is 0 Å². The number of halogens is 1. The summed E-state index contributed by atoms with van der Waals surface area (Å²) in [5.74, 6) is 1.27. The number of aliphatic hydroxyl groups excluding tert-OH is 1. The van der Waals surface area contributed by atoms with Crippen LogP contribution in [0.15, 0.2) is 67.1 Å². The second-order valence-electron chi connectivity index (χ2n) is 8.58. The van der Waals surface area contributed by atoms with Crippen LogP contribution in [-0.2, 0) is 11.4 Å². The maximum Gasteiger partial charge on any atom is 0.250 e. The minimum absolute atomic E-state index is 0.298. The molecule has 0 bridgehead atoms. The normalized spacial score (nSPS) is 12.6. The predicted molar refractivity (Wildman–Crippen MR) is 142 cm³/mol. The number of carbonyl (C=O) groups is 1. The van der Waals surface area contributed by atoms with E-state index in [2.05, 4.69) is 20.3 Å². The van der Waals surface area contributed by atoms with Crippen molar-refractivity contribution >= 4 is 39.9 Å². The third kappa shape index (κ3) is 6.63. The van der Waals surface area contributed by atoms with Crippen molar-refractivity contribution in [3.63, 3.8) is 0 Å². The number of aliphatic hydroxyl groups is 1. The molecule has 192 valence electrons. The van der Waals surface area contributed by atoms with E-state index in [1.807, 2.05) is 49.4 Å². The van der Waals surface area contributed by atoms with Gasteiger partial charge < -0.3 is 24.8 Å². The van der Waals surface area contributed by atoms with Gasteiger partial charge in [-0.1, -0.05) is 23.7 Å². The predicted octanol–water partition coefficient (Wildman–Crippen LogP) is 4.61. The number of amides is 1. The van der Waals surface area contributed by atoms with Gasteiger partial charge in [0.25, 0.3) is 5.91 Å². The van der Waals surface area contributed by atoms with Gasteiger partial charge in [0.05, 0.1) is 28.2 Å². The molecule has 0 aliphatic rings. The number of hydrogen-bond donors (Lipinski definition) is 2. The number of likely N-dealkylation sites (N-methyl/N-ethyl adjacent to an activating group) is 1. The Labute approximate surface area is 220 Å². The van der Waals surface area contributed by atoms with Crippen LogP contribution in [-0.4, -0.2) is 56.7 Å². The van der Waals surface area contributed by atoms with Gasteiger partial charge in [0, 0.05) is 18.9 Å². The Morgan fingerprint density at radius 2 is 1.92 bits per heavy atom. The summed E-state index contributed by atoms with van der Waals surface area (Å²) in [6.07, 6.45) is 1.76. The number of hydrogen-bond acceptors (Lipinski definition) is 8. The van der Waals surface area contributed by atoms with Gasteiger partial charge in [-0.2, -0.15) is 0 Å². The molecule has 0 saturated carbocycles. The summed E-state index contributed by atoms with van der Waals surface area (Å²) in [6, 6.07) is 16.5. The molecule has 2 aromatic heterocycles. The van der Waals surface area contributed by atoms with Crippen LogP contribution in [0.25, 0.3) is 10.9 Å². The van der Waals surface area contributed by atoms with Crippen LogP contribution in [0.1, 0.15) is 19.5 Å². The van der Waals surface area contributed by atoms with Crippen LogP contribution in [0.4, 0.5) is 11.5 Å². The summed E-state index contributed by atoms with van der Waals surface area (Å²) in [5.41, 5.74) is 2.20. The lowest BCUT2D eigenvalue weighted by molar-refractivity contribution is -0.138. The molecular formula is C27H28ClN5O4. The van der Waals surface area contributed by atoms with E-state index in [9.17, 15) is 9.90 Å². The highest BCUT2D eigenvalue weighted by atomic mass is 35.5. The summed E-state index contributed by atoms with van der Waals surface area (Å²) in [7, 11) is 1.63. The third-order valence-electron chi connectivity index (χ3n) is 5.51. The number of rotatable bonds is 10. The average Bonchev–Trinajstić information content (AvgIpc) is 2.88. The topological polar surface area (TPSA) is 110 Å². The van der Waals surface area contributed by atoms with Crippen LogP contribution in [0.5, 0.6) is 11.5 Å². The van der Waals surface area contributed by atoms with Crippen molar-refractivity contribution in [3.05, 3.63) is 77.8 Å². The van der Waals surface area contributed by atoms with Crippen molar-refractivity contribution in [2.45, 2.75) is 32.7 Å². The van der Waals surface area contributed by atoms with E-state index in [-0.39, 0.29) is 12.0 Å². The molecule has 2 aromatic carbocycles. The first kappa shape index (κ1) is 26.1. The lowest BCUT2D eigenvalue weighted by Crippen LogP contribution is -2.40. The molecule has 4 aromatic rings. The van der Waals surface area contributed by atoms with Gasteiger partial charge in [-0.25, -0.2) is 9.97 Å². The average molecular weight is 522 g/mol. The maximum absolute atomic E-state index is 12.0. The smallest absolute Gasteiger partial charge is 0.250 e. The van der Waals surface area contributed by atoms with E-state index >= 15 is 0 Å². The van der Waals surface area contributed by atoms with Gasteiger partial charge in [0.15, 0.2) is 0 Å². The van der Waals surface area contributed by atoms with Gasteiger partial charge >= 0.3 is 0 Å². The van der Waals surface area contributed by atoms with Crippen molar-refractivity contribution in [3.8, 4) is 11.5 Å². The molecule has 1 unspecified atom stereocenters. The molecule has 2 atom stereocenters. The van der Waals surface area contributed by atoms with Gasteiger partial charge in [-0.15, -0.1) is 0 Å². The van der Waals surface area contributed by atoms with E-state index in [0.29, 0.717) is 52.1 Å². The van der Waals surface area contributed by atoms with E-state index in [1.54, 1.807) is 25.4 Å². The number of pyridine rings is 1. The largest absolute Gasteiger partial charge is 0.488 e. The number of ether oxygens (including phenoxy) is 2. The Morgan fingerprint density at radius 3 is 2.65 bits per heavy atom. The van der Waals surface area contributed by atoms with Crippen LogP contribution >= 0.6 is 11.6 Å². The van der Waals surface area contributed by atoms with Gasteiger partial charge in [-0.3, -0.25) is 9.78 Å². The lowest BCUT2D eigenvalue weighted by atomic mass is 10.2. The monoisotopic (exact) mass is 521 g/mol. The molecule has 0 fully saturated rings. The van der Waals surface area contributed by atoms with E-state index < -0.39 is 6.10 Å². The fourth-order valence-electron chi connectivity index (χ4n) is 3.79. The lowest BCUT2D eigenvalue weighted by Gasteiger charge is -2.24. The van der Waals surface area contributed by atoms with E-state index in [1.165, 1.54) is 18.2 Å². The fourth-order valence-corrected chi connectivity index (χ4v) is 4.02. The van der Waals surface area contributed by atoms with Crippen LogP contribution in [0, 0.1) is 0 Å². The minimum atomic E-state index is -1.07. The SMILES string of the molecule is CC(CN(C)C(=O)[C@H](C)O)Oc1cccc2ncnc(Nc3ccc(OCc4ccccn4)c(Cl)c3)c12. The quantitative estimate of drug-likeness (QED) is 0.311. The minimum Gasteiger partial charge on any atom is -0.488 e. The van der Waals surface area contributed by atoms with Crippen LogP contribution < -0.4 is 14.8 Å². The highest BCUT2D eigenvalue weighted by molar-refractivity contribution is 6.32. The molecule has 0 aliphatic heterocycles. The molecule has 0 spiro atoms. The Hall–Kier alpha value is -3.95. The molecule has 10 heteroatoms. The second-order valence-corrected chi connectivity index (χ2v) is 8.98. The Morgan fingerprint density at radius 1 is 1.08 bits per heavy atom. The summed E-state index contributed by atoms with van der Waals surface area (Å²) in [4.78, 5) is 26.5. The molecule has 0 radical (unpaired) electrons. The summed E-state index contributed by atoms with van der Waals surface area (Å²) < 4.78 is 12.0. The maximum atomic E-state index is 12.0. The van der Waals surface area contributed by atoms with Crippen molar-refractivity contribution in [1.29, 1.82) is 0 Å². The van der Waals surface area contributed by atoms with Crippen LogP contribution in [0.2, 0.25) is 5.02 Å². The number of benzene rings is 2. The summed E-state index contributed by atoms with van der Waals surface area (Å²) in [5, 5.41) is 14.0. The second kappa shape index (κ2) is 11.9. The third-order valence-corrected chi connectivity index (χ3v) is 5.81. The van der Waals surface area contributed by atoms with Crippen molar-refractivity contribution in [2.75, 3.05) is 18.9 Å². The Bertz CT molecular complexity index is 1360. The van der Waals surface area contributed by atoms with Crippen molar-refractivity contribution in [1.82, 2.24) is 19.9 Å². The van der Waals surface area contributed by atoms with Crippen molar-refractivity contribution in [2.24, 2.45) is 0 Å². The summed E-state index contributed by atoms with van der Waals surface area (Å²) in [6.45, 7) is 3.90. The zero-order valence-electron chi connectivity index (χ0n) is 20.8. The Kier molecular flexibility index (Phi) is 8.37. The zero-order valence-corrected chi connectivity index (χ0v) is 21.5. The molecule has 37 heavy (non-hydrogen) atoms. The number of nitrogens with one attached hydrogen (secondary N) is 1. The summed E-state index contributed by atoms with van der Waals surface area (Å²) >= 11 is 6.48. The zero-order chi connectivity index (χ0) is 26.4. The van der Waals surface area contributed by atoms with E-state index in [0.717, 1.165) is 5.69 Å². The molecule has 9 nitrogen and oxygen atoms in total. The first-order chi connectivity index (χ1) is 17.8. The molecule has 1 amide bonds. The highest BCUT2D eigenvalue weighted by Gasteiger charge is 2.19. The first-order valence-corrected chi connectivity index (χ1v) is 12.1. The van der Waals surface area contributed by atoms with Crippen molar-refractivity contribution < 1.29 is 19.4 Å². The fraction of sp³-hybridized carbons (Fsp3) is 0.259. The molecule has 4 rings (SSSR count). The number of aromatic nitrogens is 3. The number of nitrogens with zero attached hydrogens (tertiary/aromatic N) is 4. The standard InChI is InChI=1S/C27H28ClN5O4/c1-17(14-33(3)27(35)18(2)34)37-24-9-6-8-22-25(24)26(31-16-30-22)32-19-10-11-23(21(28)13-19)36-15-20-7-4-5-12-29-20/h4-13,16-18,34H,14-15H2,1-3H3,(H,30,31,32)/t17?,18-/m0/s1. The number of carbonyl (C=O) groups excluding carboxylic acids is 1. The number of anilines is 2. The van der Waals surface area contributed by atoms with Gasteiger partial charge in [0.1, 0.15) is 42.5 Å². The molecule has 0 aliphatic carbocycles. The molecular weight excluding hydrogens is 494 g/mol. The Balaban J connectivity index is 1.52. The molecule has 2 heterocycles. The molecule has 2 N–H and O–H groups in total. The van der Waals surface area contributed by atoms with Gasteiger partial charge in [0.2, 0.25) is 0 Å². The molecule has 0 saturated heterocycles. The van der Waals surface area contributed by atoms with Gasteiger partial charge in [-0.05, 0) is 56.3 Å². The van der Waals surface area contributed by atoms with E-state index in [4.69, 9.17) is 21.1 Å². The number of fused-ring (bicyclic) bond motifs is 1. The first-order valence-electron chi connectivity index (χ1n) is 11.7. The highest BCUT2D eigenvalue weighted by Crippen LogP contribution is 2.34.